The van der Waals surface area contributed by atoms with Crippen molar-refractivity contribution in [2.45, 2.75) is 33.4 Å². The molecule has 4 nitrogen and oxygen atoms in total. The standard InChI is InChI=1S/C11H16N4S/c1-7-4-13-11(16-7)9(3)12-5-10-8(2)14-6-15-10/h4,6,9,12H,5H2,1-3H3,(H,14,15). The van der Waals surface area contributed by atoms with Crippen molar-refractivity contribution in [1.29, 1.82) is 0 Å². The van der Waals surface area contributed by atoms with Gasteiger partial charge in [0.25, 0.3) is 0 Å². The number of aryl methyl sites for hydroxylation is 2. The largest absolute Gasteiger partial charge is 0.348 e. The average molecular weight is 236 g/mol. The molecule has 86 valence electrons. The molecule has 0 fully saturated rings. The van der Waals surface area contributed by atoms with Crippen LogP contribution in [0.2, 0.25) is 0 Å². The predicted octanol–water partition coefficient (Wildman–Crippen LogP) is 2.33. The van der Waals surface area contributed by atoms with Crippen LogP contribution in [0.4, 0.5) is 0 Å². The second-order valence-corrected chi connectivity index (χ2v) is 5.15. The van der Waals surface area contributed by atoms with Gasteiger partial charge in [0.2, 0.25) is 0 Å². The first kappa shape index (κ1) is 11.3. The number of hydrogen-bond donors (Lipinski definition) is 2. The fraction of sp³-hybridized carbons (Fsp3) is 0.455. The van der Waals surface area contributed by atoms with E-state index < -0.39 is 0 Å². The zero-order chi connectivity index (χ0) is 11.5. The first-order valence-corrected chi connectivity index (χ1v) is 6.13. The van der Waals surface area contributed by atoms with Crippen LogP contribution >= 0.6 is 11.3 Å². The summed E-state index contributed by atoms with van der Waals surface area (Å²) in [6.45, 7) is 7.00. The first-order valence-electron chi connectivity index (χ1n) is 5.31. The lowest BCUT2D eigenvalue weighted by Gasteiger charge is -2.09. The minimum Gasteiger partial charge on any atom is -0.348 e. The second kappa shape index (κ2) is 4.76. The maximum absolute atomic E-state index is 4.37. The van der Waals surface area contributed by atoms with Crippen LogP contribution in [0.1, 0.15) is 34.2 Å². The van der Waals surface area contributed by atoms with E-state index in [9.17, 15) is 0 Å². The molecule has 2 aromatic rings. The summed E-state index contributed by atoms with van der Waals surface area (Å²) in [6.07, 6.45) is 3.64. The number of thiazole rings is 1. The molecule has 1 unspecified atom stereocenters. The average Bonchev–Trinajstić information content (AvgIpc) is 2.84. The van der Waals surface area contributed by atoms with E-state index in [4.69, 9.17) is 0 Å². The molecule has 0 saturated carbocycles. The summed E-state index contributed by atoms with van der Waals surface area (Å²) in [5.74, 6) is 0. The van der Waals surface area contributed by atoms with Gasteiger partial charge in [0.05, 0.1) is 18.1 Å². The first-order chi connectivity index (χ1) is 7.66. The van der Waals surface area contributed by atoms with Gasteiger partial charge in [0.15, 0.2) is 0 Å². The third-order valence-corrected chi connectivity index (χ3v) is 3.62. The molecule has 0 saturated heterocycles. The minimum atomic E-state index is 0.273. The molecule has 0 amide bonds. The van der Waals surface area contributed by atoms with Gasteiger partial charge in [-0.1, -0.05) is 0 Å². The Morgan fingerprint density at radius 2 is 2.25 bits per heavy atom. The van der Waals surface area contributed by atoms with Crippen molar-refractivity contribution in [1.82, 2.24) is 20.3 Å². The highest BCUT2D eigenvalue weighted by atomic mass is 32.1. The van der Waals surface area contributed by atoms with Gasteiger partial charge in [0, 0.05) is 23.3 Å². The monoisotopic (exact) mass is 236 g/mol. The van der Waals surface area contributed by atoms with E-state index in [1.165, 1.54) is 4.88 Å². The van der Waals surface area contributed by atoms with Crippen molar-refractivity contribution in [3.05, 3.63) is 33.8 Å². The van der Waals surface area contributed by atoms with Gasteiger partial charge < -0.3 is 10.3 Å². The molecule has 0 aliphatic carbocycles. The van der Waals surface area contributed by atoms with Crippen molar-refractivity contribution in [2.75, 3.05) is 0 Å². The van der Waals surface area contributed by atoms with Crippen LogP contribution in [0, 0.1) is 13.8 Å². The van der Waals surface area contributed by atoms with E-state index >= 15 is 0 Å². The van der Waals surface area contributed by atoms with Crippen molar-refractivity contribution in [2.24, 2.45) is 0 Å². The maximum Gasteiger partial charge on any atom is 0.109 e. The predicted molar refractivity (Wildman–Crippen MR) is 65.4 cm³/mol. The van der Waals surface area contributed by atoms with Crippen LogP contribution in [-0.2, 0) is 6.54 Å². The minimum absolute atomic E-state index is 0.273. The summed E-state index contributed by atoms with van der Waals surface area (Å²) >= 11 is 1.74. The Morgan fingerprint density at radius 3 is 2.81 bits per heavy atom. The number of nitrogens with one attached hydrogen (secondary N) is 2. The van der Waals surface area contributed by atoms with Crippen LogP contribution in [-0.4, -0.2) is 15.0 Å². The van der Waals surface area contributed by atoms with E-state index in [0.717, 1.165) is 22.9 Å². The van der Waals surface area contributed by atoms with E-state index in [-0.39, 0.29) is 6.04 Å². The van der Waals surface area contributed by atoms with Gasteiger partial charge in [0.1, 0.15) is 5.01 Å². The third-order valence-electron chi connectivity index (χ3n) is 2.52. The maximum atomic E-state index is 4.37. The van der Waals surface area contributed by atoms with Crippen molar-refractivity contribution in [3.8, 4) is 0 Å². The molecule has 0 radical (unpaired) electrons. The van der Waals surface area contributed by atoms with E-state index in [2.05, 4.69) is 34.1 Å². The Kier molecular flexibility index (Phi) is 3.36. The topological polar surface area (TPSA) is 53.6 Å². The molecule has 2 rings (SSSR count). The normalized spacial score (nSPS) is 12.9. The fourth-order valence-electron chi connectivity index (χ4n) is 1.47. The quantitative estimate of drug-likeness (QED) is 0.856. The van der Waals surface area contributed by atoms with Crippen LogP contribution in [0.15, 0.2) is 12.5 Å². The lowest BCUT2D eigenvalue weighted by atomic mass is 10.3. The SMILES string of the molecule is Cc1cnc(C(C)NCc2nc[nH]c2C)s1. The van der Waals surface area contributed by atoms with E-state index in [1.807, 2.05) is 13.1 Å². The van der Waals surface area contributed by atoms with Gasteiger partial charge in [-0.15, -0.1) is 11.3 Å². The summed E-state index contributed by atoms with van der Waals surface area (Å²) < 4.78 is 0. The Labute approximate surface area is 99.2 Å². The van der Waals surface area contributed by atoms with Gasteiger partial charge in [-0.3, -0.25) is 0 Å². The highest BCUT2D eigenvalue weighted by Gasteiger charge is 2.09. The molecule has 0 aliphatic rings. The number of imidazole rings is 1. The van der Waals surface area contributed by atoms with Gasteiger partial charge >= 0.3 is 0 Å². The molecule has 0 aromatic carbocycles. The highest BCUT2D eigenvalue weighted by Crippen LogP contribution is 2.19. The Balaban J connectivity index is 1.93. The molecular formula is C11H16N4S. The number of hydrogen-bond acceptors (Lipinski definition) is 4. The lowest BCUT2D eigenvalue weighted by molar-refractivity contribution is 0.565. The van der Waals surface area contributed by atoms with Gasteiger partial charge in [-0.25, -0.2) is 9.97 Å². The smallest absolute Gasteiger partial charge is 0.109 e. The fourth-order valence-corrected chi connectivity index (χ4v) is 2.28. The van der Waals surface area contributed by atoms with E-state index in [1.54, 1.807) is 17.7 Å². The molecule has 0 spiro atoms. The molecule has 0 bridgehead atoms. The zero-order valence-corrected chi connectivity index (χ0v) is 10.6. The van der Waals surface area contributed by atoms with Crippen molar-refractivity contribution < 1.29 is 0 Å². The molecule has 16 heavy (non-hydrogen) atoms. The lowest BCUT2D eigenvalue weighted by Crippen LogP contribution is -2.18. The van der Waals surface area contributed by atoms with E-state index in [0.29, 0.717) is 0 Å². The molecule has 2 aromatic heterocycles. The molecular weight excluding hydrogens is 220 g/mol. The van der Waals surface area contributed by atoms with Gasteiger partial charge in [-0.05, 0) is 20.8 Å². The van der Waals surface area contributed by atoms with Crippen molar-refractivity contribution in [3.63, 3.8) is 0 Å². The molecule has 2 N–H and O–H groups in total. The highest BCUT2D eigenvalue weighted by molar-refractivity contribution is 7.11. The second-order valence-electron chi connectivity index (χ2n) is 3.89. The number of H-pyrrole nitrogens is 1. The summed E-state index contributed by atoms with van der Waals surface area (Å²) in [4.78, 5) is 12.9. The zero-order valence-electron chi connectivity index (χ0n) is 9.74. The van der Waals surface area contributed by atoms with Crippen LogP contribution in [0.25, 0.3) is 0 Å². The van der Waals surface area contributed by atoms with Crippen molar-refractivity contribution >= 4 is 11.3 Å². The van der Waals surface area contributed by atoms with Crippen LogP contribution in [0.5, 0.6) is 0 Å². The van der Waals surface area contributed by atoms with Gasteiger partial charge in [-0.2, -0.15) is 0 Å². The Morgan fingerprint density at radius 1 is 1.44 bits per heavy atom. The molecule has 1 atom stereocenters. The summed E-state index contributed by atoms with van der Waals surface area (Å²) in [5.41, 5.74) is 2.19. The number of aromatic amines is 1. The molecule has 2 heterocycles. The number of nitrogens with zero attached hydrogens (tertiary/aromatic N) is 2. The summed E-state index contributed by atoms with van der Waals surface area (Å²) in [7, 11) is 0. The Hall–Kier alpha value is -1.20. The summed E-state index contributed by atoms with van der Waals surface area (Å²) in [6, 6.07) is 0.273. The number of rotatable bonds is 4. The molecule has 5 heteroatoms. The number of aromatic nitrogens is 3. The van der Waals surface area contributed by atoms with Crippen LogP contribution < -0.4 is 5.32 Å². The third kappa shape index (κ3) is 2.48. The summed E-state index contributed by atoms with van der Waals surface area (Å²) in [5, 5.41) is 4.55. The van der Waals surface area contributed by atoms with Crippen LogP contribution in [0.3, 0.4) is 0 Å². The molecule has 0 aliphatic heterocycles. The Bertz CT molecular complexity index is 460.